The Labute approximate surface area is 140 Å². The predicted octanol–water partition coefficient (Wildman–Crippen LogP) is 3.33. The molecular formula is C19H24NO2P. The van der Waals surface area contributed by atoms with Crippen molar-refractivity contribution in [2.45, 2.75) is 26.2 Å². The van der Waals surface area contributed by atoms with Crippen molar-refractivity contribution in [1.29, 1.82) is 0 Å². The second-order valence-corrected chi connectivity index (χ2v) is 7.40. The largest absolute Gasteiger partial charge is 0.507 e. The molecule has 1 aliphatic heterocycles. The van der Waals surface area contributed by atoms with E-state index < -0.39 is 0 Å². The number of aryl methyl sites for hydroxylation is 1. The van der Waals surface area contributed by atoms with Gasteiger partial charge in [0.25, 0.3) is 0 Å². The third kappa shape index (κ3) is 3.79. The van der Waals surface area contributed by atoms with Crippen LogP contribution in [0.4, 0.5) is 5.69 Å². The number of hydrogen-bond donors (Lipinski definition) is 1. The summed E-state index contributed by atoms with van der Waals surface area (Å²) in [5.74, 6) is 1.13. The van der Waals surface area contributed by atoms with Crippen molar-refractivity contribution in [2.75, 3.05) is 25.1 Å². The number of phenolic OH excluding ortho intramolecular Hbond substituents is 1. The second-order valence-electron chi connectivity index (χ2n) is 6.08. The standard InChI is InChI=1S/C19H24NO2P/c1-14-6-9-18(16(12-14)20-10-4-3-5-11-20)23-19-13-15(22-2)7-8-17(19)21/h6-9,12-13,21,23H,3-5,10-11H2,1-2H3. The molecule has 0 aliphatic carbocycles. The minimum atomic E-state index is 0.342. The number of hydrogen-bond acceptors (Lipinski definition) is 3. The molecule has 4 heteroatoms. The average molecular weight is 329 g/mol. The maximum Gasteiger partial charge on any atom is 0.123 e. The Bertz CT molecular complexity index is 681. The van der Waals surface area contributed by atoms with Crippen LogP contribution in [0.25, 0.3) is 0 Å². The molecule has 1 atom stereocenters. The Kier molecular flexibility index (Phi) is 5.07. The quantitative estimate of drug-likeness (QED) is 0.874. The highest BCUT2D eigenvalue weighted by Gasteiger charge is 2.16. The van der Waals surface area contributed by atoms with Crippen molar-refractivity contribution < 1.29 is 9.84 Å². The fourth-order valence-corrected chi connectivity index (χ4v) is 4.27. The van der Waals surface area contributed by atoms with Gasteiger partial charge in [-0.15, -0.1) is 0 Å². The lowest BCUT2D eigenvalue weighted by Crippen LogP contribution is -2.32. The lowest BCUT2D eigenvalue weighted by atomic mass is 10.1. The van der Waals surface area contributed by atoms with Crippen LogP contribution in [0.15, 0.2) is 36.4 Å². The third-order valence-corrected chi connectivity index (χ3v) is 5.69. The maximum absolute atomic E-state index is 10.2. The van der Waals surface area contributed by atoms with Gasteiger partial charge in [-0.3, -0.25) is 0 Å². The fraction of sp³-hybridized carbons (Fsp3) is 0.368. The molecule has 23 heavy (non-hydrogen) atoms. The first-order chi connectivity index (χ1) is 11.2. The molecule has 0 radical (unpaired) electrons. The van der Waals surface area contributed by atoms with Crippen LogP contribution < -0.4 is 20.2 Å². The SMILES string of the molecule is COc1ccc(O)c(Pc2ccc(C)cc2N2CCCCC2)c1. The summed E-state index contributed by atoms with van der Waals surface area (Å²) in [5, 5.41) is 12.4. The Morgan fingerprint density at radius 3 is 2.52 bits per heavy atom. The minimum Gasteiger partial charge on any atom is -0.507 e. The zero-order chi connectivity index (χ0) is 16.2. The number of anilines is 1. The number of piperidine rings is 1. The molecule has 122 valence electrons. The van der Waals surface area contributed by atoms with Crippen LogP contribution in [0.2, 0.25) is 0 Å². The third-order valence-electron chi connectivity index (χ3n) is 4.32. The van der Waals surface area contributed by atoms with Crippen LogP contribution in [-0.2, 0) is 0 Å². The van der Waals surface area contributed by atoms with Gasteiger partial charge >= 0.3 is 0 Å². The van der Waals surface area contributed by atoms with Crippen molar-refractivity contribution in [3.63, 3.8) is 0 Å². The molecule has 1 N–H and O–H groups in total. The predicted molar refractivity (Wildman–Crippen MR) is 99.5 cm³/mol. The highest BCUT2D eigenvalue weighted by Crippen LogP contribution is 2.28. The van der Waals surface area contributed by atoms with Crippen molar-refractivity contribution in [2.24, 2.45) is 0 Å². The van der Waals surface area contributed by atoms with E-state index in [9.17, 15) is 5.11 Å². The number of ether oxygens (including phenoxy) is 1. The van der Waals surface area contributed by atoms with Crippen LogP contribution in [0, 0.1) is 6.92 Å². The van der Waals surface area contributed by atoms with Crippen LogP contribution in [0.1, 0.15) is 24.8 Å². The molecule has 1 unspecified atom stereocenters. The van der Waals surface area contributed by atoms with Crippen molar-refractivity contribution in [3.05, 3.63) is 42.0 Å². The summed E-state index contributed by atoms with van der Waals surface area (Å²) in [6.45, 7) is 4.40. The van der Waals surface area contributed by atoms with Gasteiger partial charge in [-0.2, -0.15) is 0 Å². The highest BCUT2D eigenvalue weighted by molar-refractivity contribution is 7.56. The monoisotopic (exact) mass is 329 g/mol. The Balaban J connectivity index is 1.93. The Morgan fingerprint density at radius 1 is 1.00 bits per heavy atom. The van der Waals surface area contributed by atoms with Gasteiger partial charge in [-0.25, -0.2) is 0 Å². The van der Waals surface area contributed by atoms with Crippen molar-refractivity contribution in [1.82, 2.24) is 0 Å². The number of nitrogens with zero attached hydrogens (tertiary/aromatic N) is 1. The van der Waals surface area contributed by atoms with Gasteiger partial charge in [0.05, 0.1) is 7.11 Å². The topological polar surface area (TPSA) is 32.7 Å². The molecule has 1 saturated heterocycles. The Morgan fingerprint density at radius 2 is 1.78 bits per heavy atom. The molecule has 0 aromatic heterocycles. The number of phenols is 1. The van der Waals surface area contributed by atoms with Crippen LogP contribution in [-0.4, -0.2) is 25.3 Å². The van der Waals surface area contributed by atoms with E-state index >= 15 is 0 Å². The van der Waals surface area contributed by atoms with E-state index in [0.29, 0.717) is 14.3 Å². The number of benzene rings is 2. The molecule has 3 nitrogen and oxygen atoms in total. The first-order valence-electron chi connectivity index (χ1n) is 8.17. The molecule has 1 aliphatic rings. The van der Waals surface area contributed by atoms with Gasteiger partial charge in [-0.05, 0) is 56.0 Å². The zero-order valence-corrected chi connectivity index (χ0v) is 14.8. The molecule has 1 heterocycles. The summed E-state index contributed by atoms with van der Waals surface area (Å²) in [6, 6.07) is 12.1. The molecule has 3 rings (SSSR count). The molecule has 0 saturated carbocycles. The molecule has 2 aromatic carbocycles. The first kappa shape index (κ1) is 16.1. The van der Waals surface area contributed by atoms with Gasteiger partial charge in [0, 0.05) is 29.4 Å². The van der Waals surface area contributed by atoms with Crippen LogP contribution in [0.3, 0.4) is 0 Å². The lowest BCUT2D eigenvalue weighted by Gasteiger charge is -2.31. The van der Waals surface area contributed by atoms with Gasteiger partial charge in [0.1, 0.15) is 11.5 Å². The molecule has 0 amide bonds. The van der Waals surface area contributed by atoms with Gasteiger partial charge in [0.15, 0.2) is 0 Å². The summed E-state index contributed by atoms with van der Waals surface area (Å²) in [7, 11) is 2.08. The van der Waals surface area contributed by atoms with E-state index in [1.807, 2.05) is 6.07 Å². The number of methoxy groups -OCH3 is 1. The maximum atomic E-state index is 10.2. The van der Waals surface area contributed by atoms with Gasteiger partial charge in [-0.1, -0.05) is 20.7 Å². The smallest absolute Gasteiger partial charge is 0.123 e. The van der Waals surface area contributed by atoms with E-state index in [1.54, 1.807) is 19.2 Å². The van der Waals surface area contributed by atoms with E-state index in [2.05, 4.69) is 30.0 Å². The second kappa shape index (κ2) is 7.23. The van der Waals surface area contributed by atoms with Crippen molar-refractivity contribution >= 4 is 24.9 Å². The summed E-state index contributed by atoms with van der Waals surface area (Å²) >= 11 is 0. The Hall–Kier alpha value is -1.73. The first-order valence-corrected chi connectivity index (χ1v) is 9.17. The molecule has 0 spiro atoms. The van der Waals surface area contributed by atoms with Crippen molar-refractivity contribution in [3.8, 4) is 11.5 Å². The van der Waals surface area contributed by atoms with E-state index in [0.717, 1.165) is 24.1 Å². The minimum absolute atomic E-state index is 0.342. The van der Waals surface area contributed by atoms with Crippen LogP contribution in [0.5, 0.6) is 11.5 Å². The summed E-state index contributed by atoms with van der Waals surface area (Å²) in [4.78, 5) is 2.50. The highest BCUT2D eigenvalue weighted by atomic mass is 31.1. The molecule has 2 aromatic rings. The van der Waals surface area contributed by atoms with Gasteiger partial charge < -0.3 is 14.7 Å². The normalized spacial score (nSPS) is 15.3. The molecular weight excluding hydrogens is 305 g/mol. The average Bonchev–Trinajstić information content (AvgIpc) is 2.59. The van der Waals surface area contributed by atoms with E-state index in [4.69, 9.17) is 4.74 Å². The molecule has 0 bridgehead atoms. The summed E-state index contributed by atoms with van der Waals surface area (Å²) in [5.41, 5.74) is 2.61. The van der Waals surface area contributed by atoms with E-state index in [1.165, 1.54) is 35.8 Å². The zero-order valence-electron chi connectivity index (χ0n) is 13.8. The summed E-state index contributed by atoms with van der Waals surface area (Å²) in [6.07, 6.45) is 3.86. The fourth-order valence-electron chi connectivity index (χ4n) is 3.03. The number of aromatic hydroxyl groups is 1. The molecule has 1 fully saturated rings. The number of rotatable bonds is 4. The van der Waals surface area contributed by atoms with Gasteiger partial charge in [0.2, 0.25) is 0 Å². The lowest BCUT2D eigenvalue weighted by molar-refractivity contribution is 0.413. The van der Waals surface area contributed by atoms with Crippen LogP contribution >= 0.6 is 8.58 Å². The summed E-state index contributed by atoms with van der Waals surface area (Å²) < 4.78 is 5.30. The van der Waals surface area contributed by atoms with E-state index in [-0.39, 0.29) is 0 Å².